The van der Waals surface area contributed by atoms with Gasteiger partial charge in [0.2, 0.25) is 0 Å². The normalized spacial score (nSPS) is 11.2. The number of halogens is 2. The van der Waals surface area contributed by atoms with Crippen LogP contribution in [0, 0.1) is 5.82 Å². The number of rotatable bonds is 8. The largest absolute Gasteiger partial charge is 0.467 e. The Morgan fingerprint density at radius 3 is 2.41 bits per heavy atom. The molecule has 1 heterocycles. The van der Waals surface area contributed by atoms with E-state index in [0.29, 0.717) is 21.9 Å². The summed E-state index contributed by atoms with van der Waals surface area (Å²) >= 11 is 6.05. The van der Waals surface area contributed by atoms with Gasteiger partial charge in [0.15, 0.2) is 0 Å². The molecule has 0 radical (unpaired) electrons. The molecule has 0 atom stereocenters. The van der Waals surface area contributed by atoms with Crippen LogP contribution in [0.1, 0.15) is 21.7 Å². The third-order valence-electron chi connectivity index (χ3n) is 4.87. The van der Waals surface area contributed by atoms with Crippen LogP contribution in [0.25, 0.3) is 0 Å². The van der Waals surface area contributed by atoms with Gasteiger partial charge in [0, 0.05) is 17.1 Å². The molecule has 9 heteroatoms. The molecule has 4 aromatic rings. The lowest BCUT2D eigenvalue weighted by Gasteiger charge is -2.22. The Bertz CT molecular complexity index is 1390. The molecule has 0 fully saturated rings. The summed E-state index contributed by atoms with van der Waals surface area (Å²) in [5.41, 5.74) is 1.04. The van der Waals surface area contributed by atoms with Crippen LogP contribution < -0.4 is 4.18 Å². The molecule has 1 amide bonds. The van der Waals surface area contributed by atoms with Crippen molar-refractivity contribution in [3.05, 3.63) is 119 Å². The van der Waals surface area contributed by atoms with Crippen molar-refractivity contribution >= 4 is 27.6 Å². The number of amides is 1. The van der Waals surface area contributed by atoms with Crippen LogP contribution in [0.2, 0.25) is 5.02 Å². The van der Waals surface area contributed by atoms with Crippen molar-refractivity contribution in [1.82, 2.24) is 4.90 Å². The zero-order valence-electron chi connectivity index (χ0n) is 17.7. The van der Waals surface area contributed by atoms with Crippen molar-refractivity contribution in [1.29, 1.82) is 0 Å². The van der Waals surface area contributed by atoms with Crippen LogP contribution in [0.3, 0.4) is 0 Å². The van der Waals surface area contributed by atoms with Crippen molar-refractivity contribution < 1.29 is 26.2 Å². The minimum Gasteiger partial charge on any atom is -0.467 e. The van der Waals surface area contributed by atoms with Crippen LogP contribution in [-0.4, -0.2) is 19.2 Å². The number of carbonyl (C=O) groups excluding carboxylic acids is 1. The Morgan fingerprint density at radius 1 is 0.941 bits per heavy atom. The lowest BCUT2D eigenvalue weighted by molar-refractivity contribution is 0.0717. The van der Waals surface area contributed by atoms with Crippen molar-refractivity contribution in [2.45, 2.75) is 18.0 Å². The van der Waals surface area contributed by atoms with E-state index in [1.807, 2.05) is 0 Å². The second kappa shape index (κ2) is 10.1. The van der Waals surface area contributed by atoms with Crippen LogP contribution in [0.5, 0.6) is 5.75 Å². The zero-order chi connectivity index (χ0) is 24.1. The predicted molar refractivity (Wildman–Crippen MR) is 124 cm³/mol. The van der Waals surface area contributed by atoms with Gasteiger partial charge in [-0.2, -0.15) is 8.42 Å². The van der Waals surface area contributed by atoms with Crippen molar-refractivity contribution in [3.63, 3.8) is 0 Å². The molecule has 174 valence electrons. The summed E-state index contributed by atoms with van der Waals surface area (Å²) in [7, 11) is -4.16. The maximum atomic E-state index is 13.2. The SMILES string of the molecule is O=C(c1cccc(Cl)c1)N(Cc1cccc(OS(=O)(=O)c2ccc(F)cc2)c1)Cc1ccco1. The van der Waals surface area contributed by atoms with Gasteiger partial charge in [-0.05, 0) is 72.3 Å². The van der Waals surface area contributed by atoms with Gasteiger partial charge in [-0.25, -0.2) is 4.39 Å². The molecular formula is C25H19ClFNO5S. The lowest BCUT2D eigenvalue weighted by Crippen LogP contribution is -2.30. The van der Waals surface area contributed by atoms with Crippen molar-refractivity contribution in [2.75, 3.05) is 0 Å². The number of carbonyl (C=O) groups is 1. The molecule has 6 nitrogen and oxygen atoms in total. The van der Waals surface area contributed by atoms with E-state index in [0.717, 1.165) is 24.3 Å². The topological polar surface area (TPSA) is 76.8 Å². The van der Waals surface area contributed by atoms with E-state index >= 15 is 0 Å². The van der Waals surface area contributed by atoms with E-state index in [-0.39, 0.29) is 29.6 Å². The fraction of sp³-hybridized carbons (Fsp3) is 0.0800. The molecule has 0 N–H and O–H groups in total. The minimum atomic E-state index is -4.16. The second-order valence-electron chi connectivity index (χ2n) is 7.39. The average Bonchev–Trinajstić information content (AvgIpc) is 3.32. The standard InChI is InChI=1S/C25H19ClFNO5S/c26-20-6-2-5-19(15-20)25(29)28(17-23-8-3-13-32-23)16-18-4-1-7-22(14-18)33-34(30,31)24-11-9-21(27)10-12-24/h1-15H,16-17H2. The maximum absolute atomic E-state index is 13.2. The molecule has 34 heavy (non-hydrogen) atoms. The van der Waals surface area contributed by atoms with E-state index in [1.165, 1.54) is 18.4 Å². The molecule has 0 bridgehead atoms. The first kappa shape index (κ1) is 23.5. The van der Waals surface area contributed by atoms with Gasteiger partial charge < -0.3 is 13.5 Å². The number of hydrogen-bond donors (Lipinski definition) is 0. The molecule has 0 spiro atoms. The Morgan fingerprint density at radius 2 is 1.71 bits per heavy atom. The first-order valence-corrected chi connectivity index (χ1v) is 11.9. The third-order valence-corrected chi connectivity index (χ3v) is 6.36. The highest BCUT2D eigenvalue weighted by atomic mass is 35.5. The quantitative estimate of drug-likeness (QED) is 0.291. The molecule has 0 saturated carbocycles. The minimum absolute atomic E-state index is 0.0648. The van der Waals surface area contributed by atoms with Gasteiger partial charge in [0.05, 0.1) is 12.8 Å². The number of benzene rings is 3. The third kappa shape index (κ3) is 5.84. The van der Waals surface area contributed by atoms with Crippen LogP contribution in [0.15, 0.2) is 101 Å². The fourth-order valence-corrected chi connectivity index (χ4v) is 4.40. The van der Waals surface area contributed by atoms with E-state index in [9.17, 15) is 17.6 Å². The van der Waals surface area contributed by atoms with Gasteiger partial charge in [-0.15, -0.1) is 0 Å². The lowest BCUT2D eigenvalue weighted by atomic mass is 10.1. The molecule has 0 aliphatic heterocycles. The maximum Gasteiger partial charge on any atom is 0.339 e. The summed E-state index contributed by atoms with van der Waals surface area (Å²) in [6, 6.07) is 20.8. The molecule has 1 aromatic heterocycles. The van der Waals surface area contributed by atoms with E-state index in [1.54, 1.807) is 53.4 Å². The monoisotopic (exact) mass is 499 g/mol. The summed E-state index contributed by atoms with van der Waals surface area (Å²) in [5, 5.41) is 0.435. The Kier molecular flexibility index (Phi) is 7.00. The van der Waals surface area contributed by atoms with E-state index in [2.05, 4.69) is 0 Å². The van der Waals surface area contributed by atoms with E-state index in [4.69, 9.17) is 20.2 Å². The summed E-state index contributed by atoms with van der Waals surface area (Å²) in [5.74, 6) is -0.178. The van der Waals surface area contributed by atoms with E-state index < -0.39 is 15.9 Å². The second-order valence-corrected chi connectivity index (χ2v) is 9.37. The Balaban J connectivity index is 1.57. The van der Waals surface area contributed by atoms with Gasteiger partial charge >= 0.3 is 10.1 Å². The summed E-state index contributed by atoms with van der Waals surface area (Å²) < 4.78 is 48.9. The summed E-state index contributed by atoms with van der Waals surface area (Å²) in [6.45, 7) is 0.344. The van der Waals surface area contributed by atoms with Gasteiger partial charge in [0.1, 0.15) is 22.2 Å². The number of nitrogens with zero attached hydrogens (tertiary/aromatic N) is 1. The van der Waals surface area contributed by atoms with Gasteiger partial charge in [0.25, 0.3) is 5.91 Å². The predicted octanol–water partition coefficient (Wildman–Crippen LogP) is 5.68. The van der Waals surface area contributed by atoms with Gasteiger partial charge in [-0.1, -0.05) is 29.8 Å². The van der Waals surface area contributed by atoms with Crippen LogP contribution >= 0.6 is 11.6 Å². The smallest absolute Gasteiger partial charge is 0.339 e. The highest BCUT2D eigenvalue weighted by Gasteiger charge is 2.20. The summed E-state index contributed by atoms with van der Waals surface area (Å²) in [6.07, 6.45) is 1.52. The van der Waals surface area contributed by atoms with Crippen LogP contribution in [-0.2, 0) is 23.2 Å². The first-order valence-electron chi connectivity index (χ1n) is 10.2. The highest BCUT2D eigenvalue weighted by molar-refractivity contribution is 7.87. The molecule has 3 aromatic carbocycles. The molecule has 0 unspecified atom stereocenters. The molecule has 4 rings (SSSR count). The van der Waals surface area contributed by atoms with Gasteiger partial charge in [-0.3, -0.25) is 4.79 Å². The number of hydrogen-bond acceptors (Lipinski definition) is 5. The number of furan rings is 1. The highest BCUT2D eigenvalue weighted by Crippen LogP contribution is 2.23. The van der Waals surface area contributed by atoms with Crippen molar-refractivity contribution in [3.8, 4) is 5.75 Å². The molecule has 0 aliphatic carbocycles. The first-order chi connectivity index (χ1) is 16.3. The Labute approximate surface area is 201 Å². The van der Waals surface area contributed by atoms with Crippen LogP contribution in [0.4, 0.5) is 4.39 Å². The molecule has 0 saturated heterocycles. The average molecular weight is 500 g/mol. The zero-order valence-corrected chi connectivity index (χ0v) is 19.3. The van der Waals surface area contributed by atoms with Crippen molar-refractivity contribution in [2.24, 2.45) is 0 Å². The fourth-order valence-electron chi connectivity index (χ4n) is 3.29. The molecule has 0 aliphatic rings. The molecular weight excluding hydrogens is 481 g/mol. The summed E-state index contributed by atoms with van der Waals surface area (Å²) in [4.78, 5) is 14.6. The Hall–Kier alpha value is -3.62.